The summed E-state index contributed by atoms with van der Waals surface area (Å²) in [5.74, 6) is 2.49. The minimum Gasteiger partial charge on any atom is -0.303 e. The average molecular weight is 168 g/mol. The second-order valence-electron chi connectivity index (χ2n) is 4.63. The van der Waals surface area contributed by atoms with Gasteiger partial charge >= 0.3 is 0 Å². The molecule has 3 unspecified atom stereocenters. The van der Waals surface area contributed by atoms with E-state index in [1.165, 1.54) is 19.1 Å². The molecule has 0 radical (unpaired) electrons. The molecule has 0 aromatic heterocycles. The molecule has 0 amide bonds. The van der Waals surface area contributed by atoms with Gasteiger partial charge in [0.15, 0.2) is 0 Å². The fraction of sp³-hybridized carbons (Fsp3) is 0.909. The minimum absolute atomic E-state index is 0.348. The lowest BCUT2D eigenvalue weighted by Gasteiger charge is -2.34. The number of carbonyl (C=O) groups excluding carboxylic acids is 1. The number of hydrogen-bond donors (Lipinski definition) is 0. The first-order chi connectivity index (χ1) is 5.65. The van der Waals surface area contributed by atoms with Crippen molar-refractivity contribution in [2.75, 3.05) is 0 Å². The molecule has 1 heteroatoms. The van der Waals surface area contributed by atoms with Crippen LogP contribution in [-0.4, -0.2) is 6.29 Å². The van der Waals surface area contributed by atoms with Crippen LogP contribution in [0.4, 0.5) is 0 Å². The zero-order valence-electron chi connectivity index (χ0n) is 8.42. The van der Waals surface area contributed by atoms with Crippen LogP contribution in [0, 0.1) is 23.7 Å². The minimum atomic E-state index is 0.348. The summed E-state index contributed by atoms with van der Waals surface area (Å²) in [6.45, 7) is 6.77. The predicted molar refractivity (Wildman–Crippen MR) is 50.9 cm³/mol. The molecule has 0 N–H and O–H groups in total. The van der Waals surface area contributed by atoms with Gasteiger partial charge in [-0.3, -0.25) is 0 Å². The summed E-state index contributed by atoms with van der Waals surface area (Å²) in [7, 11) is 0. The summed E-state index contributed by atoms with van der Waals surface area (Å²) < 4.78 is 0. The molecule has 12 heavy (non-hydrogen) atoms. The fourth-order valence-corrected chi connectivity index (χ4v) is 2.38. The van der Waals surface area contributed by atoms with E-state index in [2.05, 4.69) is 20.8 Å². The molecule has 0 spiro atoms. The van der Waals surface area contributed by atoms with Gasteiger partial charge in [-0.05, 0) is 30.6 Å². The molecular formula is C11H20O. The number of carbonyl (C=O) groups is 1. The van der Waals surface area contributed by atoms with Crippen molar-refractivity contribution in [3.63, 3.8) is 0 Å². The monoisotopic (exact) mass is 168 g/mol. The van der Waals surface area contributed by atoms with Crippen LogP contribution in [0.2, 0.25) is 0 Å². The molecule has 0 aromatic carbocycles. The maximum atomic E-state index is 10.8. The Bertz CT molecular complexity index is 151. The van der Waals surface area contributed by atoms with Crippen molar-refractivity contribution >= 4 is 6.29 Å². The Balaban J connectivity index is 2.57. The molecule has 0 heterocycles. The smallest absolute Gasteiger partial charge is 0.123 e. The van der Waals surface area contributed by atoms with E-state index in [-0.39, 0.29) is 0 Å². The predicted octanol–water partition coefficient (Wildman–Crippen LogP) is 2.89. The van der Waals surface area contributed by atoms with Crippen LogP contribution in [0.5, 0.6) is 0 Å². The van der Waals surface area contributed by atoms with E-state index < -0.39 is 0 Å². The second-order valence-corrected chi connectivity index (χ2v) is 4.63. The van der Waals surface area contributed by atoms with Gasteiger partial charge in [-0.2, -0.15) is 0 Å². The van der Waals surface area contributed by atoms with Gasteiger partial charge in [0, 0.05) is 5.92 Å². The van der Waals surface area contributed by atoms with Crippen LogP contribution in [0.3, 0.4) is 0 Å². The third-order valence-electron chi connectivity index (χ3n) is 3.25. The molecule has 0 aliphatic heterocycles. The Hall–Kier alpha value is -0.330. The SMILES string of the molecule is CC1CCC(C=O)C(C(C)C)C1. The third kappa shape index (κ3) is 2.09. The van der Waals surface area contributed by atoms with Crippen molar-refractivity contribution in [1.29, 1.82) is 0 Å². The molecule has 3 atom stereocenters. The van der Waals surface area contributed by atoms with E-state index in [0.717, 1.165) is 12.3 Å². The van der Waals surface area contributed by atoms with Crippen LogP contribution >= 0.6 is 0 Å². The van der Waals surface area contributed by atoms with Crippen molar-refractivity contribution < 1.29 is 4.79 Å². The van der Waals surface area contributed by atoms with Crippen LogP contribution in [0.15, 0.2) is 0 Å². The van der Waals surface area contributed by atoms with Gasteiger partial charge in [-0.15, -0.1) is 0 Å². The fourth-order valence-electron chi connectivity index (χ4n) is 2.38. The first-order valence-electron chi connectivity index (χ1n) is 5.10. The number of rotatable bonds is 2. The molecule has 1 nitrogen and oxygen atoms in total. The zero-order chi connectivity index (χ0) is 9.14. The molecule has 1 aliphatic rings. The Kier molecular flexibility index (Phi) is 3.30. The first kappa shape index (κ1) is 9.76. The van der Waals surface area contributed by atoms with E-state index in [4.69, 9.17) is 0 Å². The summed E-state index contributed by atoms with van der Waals surface area (Å²) >= 11 is 0. The highest BCUT2D eigenvalue weighted by Crippen LogP contribution is 2.36. The highest BCUT2D eigenvalue weighted by molar-refractivity contribution is 5.54. The maximum Gasteiger partial charge on any atom is 0.123 e. The van der Waals surface area contributed by atoms with Gasteiger partial charge in [0.1, 0.15) is 6.29 Å². The molecule has 1 aliphatic carbocycles. The molecule has 1 rings (SSSR count). The second kappa shape index (κ2) is 4.06. The number of hydrogen-bond acceptors (Lipinski definition) is 1. The van der Waals surface area contributed by atoms with E-state index in [1.54, 1.807) is 0 Å². The molecular weight excluding hydrogens is 148 g/mol. The van der Waals surface area contributed by atoms with Gasteiger partial charge in [0.2, 0.25) is 0 Å². The topological polar surface area (TPSA) is 17.1 Å². The molecule has 70 valence electrons. The van der Waals surface area contributed by atoms with Crippen LogP contribution in [0.25, 0.3) is 0 Å². The highest BCUT2D eigenvalue weighted by Gasteiger charge is 2.29. The van der Waals surface area contributed by atoms with E-state index in [0.29, 0.717) is 17.8 Å². The van der Waals surface area contributed by atoms with Gasteiger partial charge in [0.25, 0.3) is 0 Å². The Morgan fingerprint density at radius 3 is 2.50 bits per heavy atom. The van der Waals surface area contributed by atoms with Crippen molar-refractivity contribution in [3.8, 4) is 0 Å². The number of aldehydes is 1. The molecule has 0 saturated heterocycles. The lowest BCUT2D eigenvalue weighted by Crippen LogP contribution is -2.28. The molecule has 0 bridgehead atoms. The summed E-state index contributed by atoms with van der Waals surface area (Å²) in [4.78, 5) is 10.8. The Labute approximate surface area is 75.5 Å². The van der Waals surface area contributed by atoms with Crippen LogP contribution in [-0.2, 0) is 4.79 Å². The maximum absolute atomic E-state index is 10.8. The zero-order valence-corrected chi connectivity index (χ0v) is 8.42. The molecule has 1 saturated carbocycles. The normalized spacial score (nSPS) is 36.8. The summed E-state index contributed by atoms with van der Waals surface area (Å²) in [6, 6.07) is 0. The molecule has 1 fully saturated rings. The van der Waals surface area contributed by atoms with E-state index in [9.17, 15) is 4.79 Å². The van der Waals surface area contributed by atoms with Gasteiger partial charge in [0.05, 0.1) is 0 Å². The third-order valence-corrected chi connectivity index (χ3v) is 3.25. The van der Waals surface area contributed by atoms with Crippen molar-refractivity contribution in [2.45, 2.75) is 40.0 Å². The van der Waals surface area contributed by atoms with Crippen molar-refractivity contribution in [1.82, 2.24) is 0 Å². The van der Waals surface area contributed by atoms with Crippen LogP contribution < -0.4 is 0 Å². The van der Waals surface area contributed by atoms with Gasteiger partial charge < -0.3 is 4.79 Å². The summed E-state index contributed by atoms with van der Waals surface area (Å²) in [5, 5.41) is 0. The van der Waals surface area contributed by atoms with Crippen molar-refractivity contribution in [2.24, 2.45) is 23.7 Å². The lowest BCUT2D eigenvalue weighted by atomic mass is 9.70. The standard InChI is InChI=1S/C11H20O/c1-8(2)11-6-9(3)4-5-10(11)7-12/h7-11H,4-6H2,1-3H3. The highest BCUT2D eigenvalue weighted by atomic mass is 16.1. The summed E-state index contributed by atoms with van der Waals surface area (Å²) in [5.41, 5.74) is 0. The Morgan fingerprint density at radius 2 is 2.00 bits per heavy atom. The van der Waals surface area contributed by atoms with Gasteiger partial charge in [-0.25, -0.2) is 0 Å². The van der Waals surface area contributed by atoms with E-state index in [1.807, 2.05) is 0 Å². The quantitative estimate of drug-likeness (QED) is 0.579. The molecule has 0 aromatic rings. The van der Waals surface area contributed by atoms with E-state index >= 15 is 0 Å². The summed E-state index contributed by atoms with van der Waals surface area (Å²) in [6.07, 6.45) is 4.79. The lowest BCUT2D eigenvalue weighted by molar-refractivity contribution is -0.114. The first-order valence-corrected chi connectivity index (χ1v) is 5.10. The van der Waals surface area contributed by atoms with Gasteiger partial charge in [-0.1, -0.05) is 27.2 Å². The van der Waals surface area contributed by atoms with Crippen LogP contribution in [0.1, 0.15) is 40.0 Å². The van der Waals surface area contributed by atoms with Crippen molar-refractivity contribution in [3.05, 3.63) is 0 Å². The average Bonchev–Trinajstić information content (AvgIpc) is 2.04. The largest absolute Gasteiger partial charge is 0.303 e. The Morgan fingerprint density at radius 1 is 1.33 bits per heavy atom.